The lowest BCUT2D eigenvalue weighted by Crippen LogP contribution is -2.31. The quantitative estimate of drug-likeness (QED) is 0.154. The SMILES string of the molecule is CC1(C)C2=C(c3ccccc3C2)c2c(-c3cc4c5c(c6c7c(cc(C8=C9c%10c(ccc%11ccccc%10%11)C(C)(C)C9CC=C8)cc7c5c3)=CC(C3C=CC=C5C3c3c(ccc7ccccc37)C5(C)C)C6)CC(C3=C5c6c(ccc7ccccc67)C(C)(C)C5CC=C3)C=4)cccc21. The molecule has 0 fully saturated rings. The highest BCUT2D eigenvalue weighted by atomic mass is 14.5. The van der Waals surface area contributed by atoms with Gasteiger partial charge in [-0.1, -0.05) is 267 Å². The van der Waals surface area contributed by atoms with Crippen molar-refractivity contribution in [3.05, 3.63) is 318 Å². The molecule has 0 aromatic heterocycles. The summed E-state index contributed by atoms with van der Waals surface area (Å²) in [6.45, 7) is 20.1. The molecule has 21 rings (SSSR count). The maximum Gasteiger partial charge on any atom is 0.0138 e. The third-order valence-corrected chi connectivity index (χ3v) is 26.6. The molecule has 0 N–H and O–H groups in total. The molecule has 0 heterocycles. The fourth-order valence-electron chi connectivity index (χ4n) is 22.1. The molecular formula is C95H78. The highest BCUT2D eigenvalue weighted by molar-refractivity contribution is 6.17. The smallest absolute Gasteiger partial charge is 0.0138 e. The Kier molecular flexibility index (Phi) is 10.9. The number of benzene rings is 11. The van der Waals surface area contributed by atoms with Gasteiger partial charge in [-0.25, -0.2) is 0 Å². The zero-order valence-electron chi connectivity index (χ0n) is 55.9. The highest BCUT2D eigenvalue weighted by Gasteiger charge is 2.51. The third kappa shape index (κ3) is 7.08. The van der Waals surface area contributed by atoms with E-state index in [1.165, 1.54) is 153 Å². The van der Waals surface area contributed by atoms with Gasteiger partial charge in [0.2, 0.25) is 0 Å². The summed E-state index contributed by atoms with van der Waals surface area (Å²) < 4.78 is 0. The first-order valence-corrected chi connectivity index (χ1v) is 35.7. The van der Waals surface area contributed by atoms with Gasteiger partial charge in [-0.05, 0) is 272 Å². The van der Waals surface area contributed by atoms with E-state index in [-0.39, 0.29) is 45.3 Å². The molecule has 0 nitrogen and oxygen atoms in total. The summed E-state index contributed by atoms with van der Waals surface area (Å²) in [5, 5.41) is 16.8. The number of rotatable bonds is 4. The van der Waals surface area contributed by atoms with Crippen LogP contribution in [0.25, 0.3) is 99.4 Å². The first-order chi connectivity index (χ1) is 46.1. The number of allylic oxidation sites excluding steroid dienone is 13. The zero-order chi connectivity index (χ0) is 63.5. The van der Waals surface area contributed by atoms with Gasteiger partial charge in [-0.3, -0.25) is 0 Å². The third-order valence-electron chi connectivity index (χ3n) is 26.6. The van der Waals surface area contributed by atoms with Crippen molar-refractivity contribution in [2.75, 3.05) is 0 Å². The normalized spacial score (nSPS) is 24.1. The molecule has 6 atom stereocenters. The molecule has 0 amide bonds. The second kappa shape index (κ2) is 18.8. The molecule has 11 aromatic carbocycles. The Hall–Kier alpha value is -9.36. The van der Waals surface area contributed by atoms with E-state index in [1.54, 1.807) is 33.4 Å². The van der Waals surface area contributed by atoms with E-state index in [9.17, 15) is 0 Å². The lowest BCUT2D eigenvalue weighted by Gasteiger charge is -2.37. The van der Waals surface area contributed by atoms with Gasteiger partial charge in [0.1, 0.15) is 0 Å². The van der Waals surface area contributed by atoms with Crippen LogP contribution in [0.1, 0.15) is 146 Å². The van der Waals surface area contributed by atoms with Gasteiger partial charge in [-0.15, -0.1) is 0 Å². The number of hydrogen-bond acceptors (Lipinski definition) is 0. The van der Waals surface area contributed by atoms with Crippen molar-refractivity contribution in [3.63, 3.8) is 0 Å². The monoisotopic (exact) mass is 1220 g/mol. The topological polar surface area (TPSA) is 0 Å². The van der Waals surface area contributed by atoms with Crippen LogP contribution < -0.4 is 10.4 Å². The summed E-state index contributed by atoms with van der Waals surface area (Å²) >= 11 is 0. The maximum atomic E-state index is 2.82. The Bertz CT molecular complexity index is 5840. The van der Waals surface area contributed by atoms with E-state index in [0.29, 0.717) is 11.8 Å². The van der Waals surface area contributed by atoms with Gasteiger partial charge in [0.25, 0.3) is 0 Å². The molecule has 6 unspecified atom stereocenters. The average Bonchev–Trinajstić information content (AvgIpc) is 1.71. The molecule has 0 spiro atoms. The molecule has 10 aliphatic carbocycles. The van der Waals surface area contributed by atoms with Crippen LogP contribution in [0, 0.1) is 29.6 Å². The Balaban J connectivity index is 0.877. The van der Waals surface area contributed by atoms with Crippen molar-refractivity contribution in [2.45, 2.75) is 115 Å². The predicted molar refractivity (Wildman–Crippen MR) is 401 cm³/mol. The van der Waals surface area contributed by atoms with Gasteiger partial charge in [0.15, 0.2) is 0 Å². The van der Waals surface area contributed by atoms with E-state index >= 15 is 0 Å². The van der Waals surface area contributed by atoms with E-state index in [1.807, 2.05) is 0 Å². The average molecular weight is 1220 g/mol. The molecule has 10 aliphatic rings. The van der Waals surface area contributed by atoms with Crippen LogP contribution in [0.5, 0.6) is 0 Å². The van der Waals surface area contributed by atoms with Gasteiger partial charge >= 0.3 is 0 Å². The lowest BCUT2D eigenvalue weighted by molar-refractivity contribution is 0.412. The van der Waals surface area contributed by atoms with Crippen LogP contribution in [0.2, 0.25) is 0 Å². The van der Waals surface area contributed by atoms with E-state index in [4.69, 9.17) is 0 Å². The fraction of sp³-hybridized carbons (Fsp3) is 0.242. The molecule has 0 radical (unpaired) electrons. The van der Waals surface area contributed by atoms with E-state index in [2.05, 4.69) is 286 Å². The predicted octanol–water partition coefficient (Wildman–Crippen LogP) is 22.0. The van der Waals surface area contributed by atoms with Crippen molar-refractivity contribution in [3.8, 4) is 11.1 Å². The van der Waals surface area contributed by atoms with Crippen molar-refractivity contribution < 1.29 is 0 Å². The molecular weight excluding hydrogens is 1140 g/mol. The second-order valence-corrected chi connectivity index (χ2v) is 32.4. The highest BCUT2D eigenvalue weighted by Crippen LogP contribution is 2.63. The minimum absolute atomic E-state index is 0.0109. The molecule has 458 valence electrons. The first-order valence-electron chi connectivity index (χ1n) is 35.7. The molecule has 0 saturated heterocycles. The summed E-state index contributed by atoms with van der Waals surface area (Å²) in [7, 11) is 0. The summed E-state index contributed by atoms with van der Waals surface area (Å²) in [6.07, 6.45) is 28.5. The van der Waals surface area contributed by atoms with Crippen LogP contribution in [0.3, 0.4) is 0 Å². The minimum atomic E-state index is -0.0935. The maximum absolute atomic E-state index is 2.82. The summed E-state index contributed by atoms with van der Waals surface area (Å²) in [6, 6.07) is 69.7. The van der Waals surface area contributed by atoms with Crippen LogP contribution in [0.15, 0.2) is 235 Å². The van der Waals surface area contributed by atoms with Crippen molar-refractivity contribution >= 4 is 88.3 Å². The largest absolute Gasteiger partial charge is 0.0836 e. The summed E-state index contributed by atoms with van der Waals surface area (Å²) in [5.41, 5.74) is 32.4. The zero-order valence-corrected chi connectivity index (χ0v) is 55.9. The van der Waals surface area contributed by atoms with Crippen LogP contribution >= 0.6 is 0 Å². The second-order valence-electron chi connectivity index (χ2n) is 32.4. The molecule has 0 saturated carbocycles. The van der Waals surface area contributed by atoms with Gasteiger partial charge in [0, 0.05) is 22.7 Å². The van der Waals surface area contributed by atoms with Gasteiger partial charge in [0.05, 0.1) is 0 Å². The molecule has 0 heteroatoms. The Morgan fingerprint density at radius 3 is 1.78 bits per heavy atom. The summed E-state index contributed by atoms with van der Waals surface area (Å²) in [5.74, 6) is 1.70. The molecule has 95 heavy (non-hydrogen) atoms. The minimum Gasteiger partial charge on any atom is -0.0836 e. The number of hydrogen-bond donors (Lipinski definition) is 0. The van der Waals surface area contributed by atoms with E-state index < -0.39 is 0 Å². The molecule has 0 aliphatic heterocycles. The fourth-order valence-corrected chi connectivity index (χ4v) is 22.1. The van der Waals surface area contributed by atoms with Crippen LogP contribution in [0.4, 0.5) is 0 Å². The standard InChI is InChI=1S/C95H78/c1-92(2)74-33-17-29-66(87(74)84-62-25-13-9-21-52(62)37-40-78(84)92)56-43-60-44-57(67-30-18-34-75-88(67)85-63-26-14-10-22-53(63)38-41-79(85)93(75,3)4)49-72-73-50-59(69-32-20-36-77-90(69)91-65-28-16-12-24-55(65)51-81(91)95(77,7)8)46-61-45-58(48-71(83(61)73)70(47-56)82(60)72)68-31-19-35-76-89(68)86-64-27-15-11-23-54(64)39-42-80(86)94(76,5)6/h9-33,36-46,49-50,56,58,66,75-76,87H,34-35,47-48,51H2,1-8H3. The molecule has 0 bridgehead atoms. The Morgan fingerprint density at radius 2 is 1.04 bits per heavy atom. The van der Waals surface area contributed by atoms with Crippen LogP contribution in [-0.2, 0) is 40.9 Å². The van der Waals surface area contributed by atoms with Crippen molar-refractivity contribution in [2.24, 2.45) is 29.6 Å². The Morgan fingerprint density at radius 1 is 0.453 bits per heavy atom. The lowest BCUT2D eigenvalue weighted by atomic mass is 9.66. The first kappa shape index (κ1) is 55.0. The Labute approximate surface area is 558 Å². The van der Waals surface area contributed by atoms with Crippen molar-refractivity contribution in [1.82, 2.24) is 0 Å². The number of fused-ring (bicyclic) bond motifs is 21. The van der Waals surface area contributed by atoms with Gasteiger partial charge < -0.3 is 0 Å². The summed E-state index contributed by atoms with van der Waals surface area (Å²) in [4.78, 5) is 0. The van der Waals surface area contributed by atoms with Crippen LogP contribution in [-0.4, -0.2) is 0 Å². The van der Waals surface area contributed by atoms with E-state index in [0.717, 1.165) is 32.1 Å². The molecule has 11 aromatic rings. The van der Waals surface area contributed by atoms with Gasteiger partial charge in [-0.2, -0.15) is 0 Å². The van der Waals surface area contributed by atoms with Crippen molar-refractivity contribution in [1.29, 1.82) is 0 Å².